The second-order valence-corrected chi connectivity index (χ2v) is 6.07. The zero-order valence-electron chi connectivity index (χ0n) is 12.1. The van der Waals surface area contributed by atoms with E-state index in [0.29, 0.717) is 5.02 Å². The van der Waals surface area contributed by atoms with Crippen molar-refractivity contribution < 1.29 is 0 Å². The number of anilines is 1. The van der Waals surface area contributed by atoms with Crippen LogP contribution in [0.4, 0.5) is 5.82 Å². The lowest BCUT2D eigenvalue weighted by Crippen LogP contribution is -2.19. The largest absolute Gasteiger partial charge is 0.367 e. The highest BCUT2D eigenvalue weighted by Crippen LogP contribution is 2.24. The van der Waals surface area contributed by atoms with Crippen LogP contribution in [0.15, 0.2) is 48.8 Å². The van der Waals surface area contributed by atoms with Crippen molar-refractivity contribution in [2.75, 3.05) is 5.32 Å². The molecule has 1 N–H and O–H groups in total. The van der Waals surface area contributed by atoms with Crippen LogP contribution in [-0.2, 0) is 6.42 Å². The zero-order chi connectivity index (χ0) is 15.5. The Balaban J connectivity index is 1.82. The van der Waals surface area contributed by atoms with E-state index >= 15 is 0 Å². The fraction of sp³-hybridized carbons (Fsp3) is 0.176. The van der Waals surface area contributed by atoms with Crippen LogP contribution in [0.5, 0.6) is 0 Å². The van der Waals surface area contributed by atoms with E-state index in [1.54, 1.807) is 6.33 Å². The third-order valence-corrected chi connectivity index (χ3v) is 4.07. The Hall–Kier alpha value is -1.84. The first-order chi connectivity index (χ1) is 10.6. The highest BCUT2D eigenvalue weighted by molar-refractivity contribution is 6.31. The van der Waals surface area contributed by atoms with E-state index in [2.05, 4.69) is 22.2 Å². The van der Waals surface area contributed by atoms with Gasteiger partial charge in [-0.15, -0.1) is 0 Å². The molecule has 5 heteroatoms. The summed E-state index contributed by atoms with van der Waals surface area (Å²) in [5.41, 5.74) is 1.94. The fourth-order valence-electron chi connectivity index (χ4n) is 2.42. The first kappa shape index (κ1) is 15.1. The third kappa shape index (κ3) is 3.32. The number of hydrogen-bond acceptors (Lipinski definition) is 3. The van der Waals surface area contributed by atoms with Crippen molar-refractivity contribution in [3.8, 4) is 0 Å². The molecular formula is C17H15Cl2N3. The van der Waals surface area contributed by atoms with Crippen LogP contribution in [0.2, 0.25) is 10.0 Å². The molecule has 3 rings (SSSR count). The Morgan fingerprint density at radius 2 is 1.91 bits per heavy atom. The van der Waals surface area contributed by atoms with Crippen LogP contribution >= 0.6 is 23.2 Å². The van der Waals surface area contributed by atoms with Gasteiger partial charge < -0.3 is 5.32 Å². The molecule has 0 saturated heterocycles. The molecule has 0 bridgehead atoms. The molecule has 0 radical (unpaired) electrons. The Morgan fingerprint density at radius 1 is 1.09 bits per heavy atom. The molecule has 1 atom stereocenters. The van der Waals surface area contributed by atoms with E-state index in [1.807, 2.05) is 42.5 Å². The fourth-order valence-corrected chi connectivity index (χ4v) is 2.80. The summed E-state index contributed by atoms with van der Waals surface area (Å²) in [5.74, 6) is 0.807. The quantitative estimate of drug-likeness (QED) is 0.732. The lowest BCUT2D eigenvalue weighted by molar-refractivity contribution is 0.786. The molecule has 0 spiro atoms. The minimum atomic E-state index is 0.189. The first-order valence-electron chi connectivity index (χ1n) is 7.03. The number of nitrogens with one attached hydrogen (secondary N) is 1. The van der Waals surface area contributed by atoms with Crippen LogP contribution in [0.25, 0.3) is 10.9 Å². The van der Waals surface area contributed by atoms with Gasteiger partial charge in [0.1, 0.15) is 12.1 Å². The van der Waals surface area contributed by atoms with Crippen molar-refractivity contribution in [1.29, 1.82) is 0 Å². The SMILES string of the molecule is CC(Cc1ccccc1Cl)Nc1ncnc2cc(Cl)ccc12. The normalized spacial score (nSPS) is 12.3. The molecule has 0 saturated carbocycles. The number of aromatic nitrogens is 2. The highest BCUT2D eigenvalue weighted by Gasteiger charge is 2.10. The molecule has 3 aromatic rings. The number of benzene rings is 2. The van der Waals surface area contributed by atoms with E-state index < -0.39 is 0 Å². The van der Waals surface area contributed by atoms with Crippen molar-refractivity contribution in [2.24, 2.45) is 0 Å². The van der Waals surface area contributed by atoms with Crippen molar-refractivity contribution >= 4 is 39.9 Å². The van der Waals surface area contributed by atoms with Gasteiger partial charge in [0.2, 0.25) is 0 Å². The van der Waals surface area contributed by atoms with E-state index in [4.69, 9.17) is 23.2 Å². The van der Waals surface area contributed by atoms with E-state index in [9.17, 15) is 0 Å². The summed E-state index contributed by atoms with van der Waals surface area (Å²) in [6, 6.07) is 13.7. The van der Waals surface area contributed by atoms with Gasteiger partial charge in [-0.25, -0.2) is 9.97 Å². The topological polar surface area (TPSA) is 37.8 Å². The molecule has 1 heterocycles. The predicted molar refractivity (Wildman–Crippen MR) is 92.8 cm³/mol. The van der Waals surface area contributed by atoms with Crippen molar-refractivity contribution in [3.05, 3.63) is 64.4 Å². The molecule has 0 aliphatic carbocycles. The number of fused-ring (bicyclic) bond motifs is 1. The summed E-state index contributed by atoms with van der Waals surface area (Å²) in [6.45, 7) is 2.10. The second-order valence-electron chi connectivity index (χ2n) is 5.22. The van der Waals surface area contributed by atoms with Gasteiger partial charge in [-0.1, -0.05) is 41.4 Å². The van der Waals surface area contributed by atoms with Gasteiger partial charge in [-0.05, 0) is 43.2 Å². The summed E-state index contributed by atoms with van der Waals surface area (Å²) in [7, 11) is 0. The highest BCUT2D eigenvalue weighted by atomic mass is 35.5. The van der Waals surface area contributed by atoms with Gasteiger partial charge in [0.15, 0.2) is 0 Å². The molecule has 3 nitrogen and oxygen atoms in total. The number of nitrogens with zero attached hydrogens (tertiary/aromatic N) is 2. The molecule has 0 aliphatic rings. The van der Waals surface area contributed by atoms with E-state index in [0.717, 1.165) is 33.7 Å². The average Bonchev–Trinajstić information content (AvgIpc) is 2.49. The van der Waals surface area contributed by atoms with Crippen molar-refractivity contribution in [2.45, 2.75) is 19.4 Å². The summed E-state index contributed by atoms with van der Waals surface area (Å²) in [5, 5.41) is 5.84. The maximum Gasteiger partial charge on any atom is 0.137 e. The second kappa shape index (κ2) is 6.51. The van der Waals surface area contributed by atoms with Crippen LogP contribution < -0.4 is 5.32 Å². The standard InChI is InChI=1S/C17H15Cl2N3/c1-11(8-12-4-2-3-5-15(12)19)22-17-14-7-6-13(18)9-16(14)20-10-21-17/h2-7,9-11H,8H2,1H3,(H,20,21,22). The Bertz CT molecular complexity index is 805. The molecule has 0 aliphatic heterocycles. The minimum Gasteiger partial charge on any atom is -0.367 e. The van der Waals surface area contributed by atoms with Crippen LogP contribution in [0.1, 0.15) is 12.5 Å². The summed E-state index contributed by atoms with van der Waals surface area (Å²) in [4.78, 5) is 8.59. The maximum absolute atomic E-state index is 6.22. The summed E-state index contributed by atoms with van der Waals surface area (Å²) >= 11 is 12.2. The molecule has 0 fully saturated rings. The van der Waals surface area contributed by atoms with Crippen LogP contribution in [-0.4, -0.2) is 16.0 Å². The Labute approximate surface area is 139 Å². The zero-order valence-corrected chi connectivity index (χ0v) is 13.6. The molecule has 22 heavy (non-hydrogen) atoms. The maximum atomic E-state index is 6.22. The molecular weight excluding hydrogens is 317 g/mol. The smallest absolute Gasteiger partial charge is 0.137 e. The lowest BCUT2D eigenvalue weighted by Gasteiger charge is -2.16. The Morgan fingerprint density at radius 3 is 2.73 bits per heavy atom. The van der Waals surface area contributed by atoms with Gasteiger partial charge in [-0.3, -0.25) is 0 Å². The van der Waals surface area contributed by atoms with Gasteiger partial charge >= 0.3 is 0 Å². The predicted octanol–water partition coefficient (Wildman–Crippen LogP) is 4.98. The summed E-state index contributed by atoms with van der Waals surface area (Å²) < 4.78 is 0. The summed E-state index contributed by atoms with van der Waals surface area (Å²) in [6.07, 6.45) is 2.36. The van der Waals surface area contributed by atoms with Gasteiger partial charge in [-0.2, -0.15) is 0 Å². The minimum absolute atomic E-state index is 0.189. The molecule has 1 unspecified atom stereocenters. The molecule has 2 aromatic carbocycles. The van der Waals surface area contributed by atoms with Crippen molar-refractivity contribution in [3.63, 3.8) is 0 Å². The van der Waals surface area contributed by atoms with Gasteiger partial charge in [0.25, 0.3) is 0 Å². The number of hydrogen-bond donors (Lipinski definition) is 1. The molecule has 0 amide bonds. The van der Waals surface area contributed by atoms with Crippen LogP contribution in [0.3, 0.4) is 0 Å². The number of halogens is 2. The monoisotopic (exact) mass is 331 g/mol. The Kier molecular flexibility index (Phi) is 4.46. The molecule has 112 valence electrons. The van der Waals surface area contributed by atoms with E-state index in [-0.39, 0.29) is 6.04 Å². The average molecular weight is 332 g/mol. The van der Waals surface area contributed by atoms with E-state index in [1.165, 1.54) is 0 Å². The molecule has 1 aromatic heterocycles. The number of rotatable bonds is 4. The van der Waals surface area contributed by atoms with Gasteiger partial charge in [0.05, 0.1) is 5.52 Å². The first-order valence-corrected chi connectivity index (χ1v) is 7.79. The van der Waals surface area contributed by atoms with Crippen molar-refractivity contribution in [1.82, 2.24) is 9.97 Å². The van der Waals surface area contributed by atoms with Gasteiger partial charge in [0, 0.05) is 21.5 Å². The lowest BCUT2D eigenvalue weighted by atomic mass is 10.1. The van der Waals surface area contributed by atoms with Crippen LogP contribution in [0, 0.1) is 0 Å². The third-order valence-electron chi connectivity index (χ3n) is 3.47.